The average Bonchev–Trinajstić information content (AvgIpc) is 2.26. The normalized spacial score (nSPS) is 62.5. The van der Waals surface area contributed by atoms with E-state index in [2.05, 4.69) is 4.74 Å². The van der Waals surface area contributed by atoms with E-state index in [1.54, 1.807) is 0 Å². The van der Waals surface area contributed by atoms with Gasteiger partial charge in [0.1, 0.15) is 0 Å². The molecule has 5 heteroatoms. The van der Waals surface area contributed by atoms with Crippen LogP contribution in [0.2, 0.25) is 0 Å². The molecular weight excluding hydrogens is 129 g/mol. The van der Waals surface area contributed by atoms with Crippen LogP contribution in [0.15, 0.2) is 0 Å². The summed E-state index contributed by atoms with van der Waals surface area (Å²) in [6.45, 7) is 0. The largest absolute Gasteiger partial charge is 0.433 e. The van der Waals surface area contributed by atoms with Crippen molar-refractivity contribution < 1.29 is 14.1 Å². The predicted octanol–water partition coefficient (Wildman–Crippen LogP) is 0.396. The summed E-state index contributed by atoms with van der Waals surface area (Å²) in [5.74, 6) is -0.134. The van der Waals surface area contributed by atoms with Gasteiger partial charge < -0.3 is 4.74 Å². The Bertz CT molecular complexity index is 241. The van der Waals surface area contributed by atoms with Crippen molar-refractivity contribution >= 4 is 13.4 Å². The molecule has 4 saturated heterocycles. The lowest BCUT2D eigenvalue weighted by Crippen LogP contribution is -2.01. The van der Waals surface area contributed by atoms with Gasteiger partial charge >= 0.3 is 6.09 Å². The Morgan fingerprint density at radius 3 is 2.50 bits per heavy atom. The predicted molar refractivity (Wildman–Crippen MR) is 23.5 cm³/mol. The molecule has 4 heterocycles. The van der Waals surface area contributed by atoms with Crippen molar-refractivity contribution in [2.24, 2.45) is 0 Å². The molecule has 0 radical (unpaired) electrons. The van der Waals surface area contributed by atoms with E-state index in [-0.39, 0.29) is 17.7 Å². The summed E-state index contributed by atoms with van der Waals surface area (Å²) in [6.07, 6.45) is -0.372. The monoisotopic (exact) mass is 131 g/mol. The lowest BCUT2D eigenvalue weighted by molar-refractivity contribution is 0.172. The standard InChI is InChI=1S/C3H2NO3P/c5-3-4-1-2(7-3)8(1,4)6/h1-2H. The number of carbonyl (C=O) groups is 1. The third-order valence-electron chi connectivity index (χ3n) is 1.85. The molecule has 3 unspecified atom stereocenters. The van der Waals surface area contributed by atoms with E-state index >= 15 is 0 Å². The van der Waals surface area contributed by atoms with E-state index in [0.29, 0.717) is 0 Å². The first-order valence-corrected chi connectivity index (χ1v) is 4.16. The molecule has 0 aromatic rings. The van der Waals surface area contributed by atoms with Crippen molar-refractivity contribution in [3.05, 3.63) is 0 Å². The van der Waals surface area contributed by atoms with Gasteiger partial charge in [0.2, 0.25) is 13.1 Å². The molecule has 0 aromatic carbocycles. The Morgan fingerprint density at radius 1 is 1.75 bits per heavy atom. The van der Waals surface area contributed by atoms with Gasteiger partial charge in [-0.15, -0.1) is 0 Å². The number of ether oxygens (including phenoxy) is 1. The fourth-order valence-electron chi connectivity index (χ4n) is 1.24. The first-order valence-electron chi connectivity index (χ1n) is 2.36. The number of amides is 1. The van der Waals surface area contributed by atoms with Gasteiger partial charge in [-0.3, -0.25) is 4.57 Å². The average molecular weight is 131 g/mol. The number of fused-ring (bicyclic) bond motifs is 1. The van der Waals surface area contributed by atoms with E-state index in [1.165, 1.54) is 4.67 Å². The van der Waals surface area contributed by atoms with Gasteiger partial charge in [0, 0.05) is 0 Å². The first kappa shape index (κ1) is 3.51. The van der Waals surface area contributed by atoms with Crippen LogP contribution in [0, 0.1) is 0 Å². The molecular formula is C3H2NO3P. The van der Waals surface area contributed by atoms with Crippen LogP contribution in [0.25, 0.3) is 0 Å². The van der Waals surface area contributed by atoms with Crippen molar-refractivity contribution in [2.45, 2.75) is 11.6 Å². The van der Waals surface area contributed by atoms with Crippen LogP contribution < -0.4 is 0 Å². The molecule has 4 nitrogen and oxygen atoms in total. The van der Waals surface area contributed by atoms with Crippen LogP contribution >= 0.6 is 7.29 Å². The lowest BCUT2D eigenvalue weighted by atomic mass is 10.7. The highest BCUT2D eigenvalue weighted by molar-refractivity contribution is 7.79. The number of hydrogen-bond acceptors (Lipinski definition) is 3. The minimum Gasteiger partial charge on any atom is -0.433 e. The molecule has 4 fully saturated rings. The molecule has 4 aliphatic rings. The summed E-state index contributed by atoms with van der Waals surface area (Å²) >= 11 is 0. The van der Waals surface area contributed by atoms with E-state index in [0.717, 1.165) is 0 Å². The summed E-state index contributed by atoms with van der Waals surface area (Å²) in [4.78, 5) is 10.4. The number of hydrogen-bond donors (Lipinski definition) is 0. The van der Waals surface area contributed by atoms with Crippen molar-refractivity contribution in [2.75, 3.05) is 0 Å². The molecule has 2 bridgehead atoms. The van der Waals surface area contributed by atoms with Gasteiger partial charge in [-0.25, -0.2) is 9.46 Å². The van der Waals surface area contributed by atoms with Gasteiger partial charge in [-0.05, 0) is 0 Å². The molecule has 4 rings (SSSR count). The Kier molecular flexibility index (Phi) is 0.252. The second-order valence-electron chi connectivity index (χ2n) is 2.20. The summed E-state index contributed by atoms with van der Waals surface area (Å²) in [7, 11) is -2.09. The zero-order chi connectivity index (χ0) is 5.52. The highest BCUT2D eigenvalue weighted by atomic mass is 31.2. The van der Waals surface area contributed by atoms with Crippen molar-refractivity contribution in [1.29, 1.82) is 0 Å². The molecule has 0 saturated carbocycles. The minimum absolute atomic E-state index is 0.0370. The maximum Gasteiger partial charge on any atom is 0.417 e. The Morgan fingerprint density at radius 2 is 2.38 bits per heavy atom. The maximum atomic E-state index is 10.9. The summed E-state index contributed by atoms with van der Waals surface area (Å²) in [5.41, 5.74) is 0. The van der Waals surface area contributed by atoms with Gasteiger partial charge in [0.05, 0.1) is 0 Å². The van der Waals surface area contributed by atoms with Gasteiger partial charge in [-0.1, -0.05) is 0 Å². The molecule has 4 aliphatic heterocycles. The second kappa shape index (κ2) is 0.575. The second-order valence-corrected chi connectivity index (χ2v) is 5.02. The number of rotatable bonds is 0. The van der Waals surface area contributed by atoms with Gasteiger partial charge in [0.25, 0.3) is 0 Å². The molecule has 0 aliphatic carbocycles. The first-order chi connectivity index (χ1) is 3.76. The van der Waals surface area contributed by atoms with Crippen LogP contribution in [0.5, 0.6) is 0 Å². The van der Waals surface area contributed by atoms with Crippen LogP contribution in [-0.4, -0.2) is 22.4 Å². The Labute approximate surface area is 44.8 Å². The zero-order valence-electron chi connectivity index (χ0n) is 3.77. The molecule has 42 valence electrons. The van der Waals surface area contributed by atoms with Crippen molar-refractivity contribution in [3.8, 4) is 0 Å². The van der Waals surface area contributed by atoms with Crippen LogP contribution in [-0.2, 0) is 9.30 Å². The fourth-order valence-corrected chi connectivity index (χ4v) is 3.95. The Balaban J connectivity index is 2.29. The van der Waals surface area contributed by atoms with Crippen molar-refractivity contribution in [1.82, 2.24) is 4.67 Å². The van der Waals surface area contributed by atoms with E-state index in [9.17, 15) is 9.36 Å². The summed E-state index contributed by atoms with van der Waals surface area (Å²) in [6, 6.07) is 0. The van der Waals surface area contributed by atoms with Crippen LogP contribution in [0.4, 0.5) is 4.79 Å². The summed E-state index contributed by atoms with van der Waals surface area (Å²) < 4.78 is 16.9. The smallest absolute Gasteiger partial charge is 0.417 e. The molecule has 0 spiro atoms. The number of nitrogens with zero attached hydrogens (tertiary/aromatic N) is 1. The highest BCUT2D eigenvalue weighted by Crippen LogP contribution is 2.97. The topological polar surface area (TPSA) is 46.4 Å². The Hall–Kier alpha value is -0.500. The third kappa shape index (κ3) is 0.128. The van der Waals surface area contributed by atoms with Crippen LogP contribution in [0.1, 0.15) is 0 Å². The van der Waals surface area contributed by atoms with Gasteiger partial charge in [-0.2, -0.15) is 0 Å². The van der Waals surface area contributed by atoms with Crippen molar-refractivity contribution in [3.63, 3.8) is 0 Å². The minimum atomic E-state index is -2.09. The van der Waals surface area contributed by atoms with E-state index < -0.39 is 7.29 Å². The molecule has 1 amide bonds. The molecule has 0 aromatic heterocycles. The van der Waals surface area contributed by atoms with E-state index in [4.69, 9.17) is 0 Å². The summed E-state index contributed by atoms with van der Waals surface area (Å²) in [5, 5.41) is 0. The third-order valence-corrected chi connectivity index (χ3v) is 4.73. The fraction of sp³-hybridized carbons (Fsp3) is 0.667. The van der Waals surface area contributed by atoms with Gasteiger partial charge in [0.15, 0.2) is 5.78 Å². The highest BCUT2D eigenvalue weighted by Gasteiger charge is 2.95. The van der Waals surface area contributed by atoms with E-state index in [1.807, 2.05) is 0 Å². The zero-order valence-corrected chi connectivity index (χ0v) is 4.67. The molecule has 0 N–H and O–H groups in total. The molecule has 8 heavy (non-hydrogen) atoms. The SMILES string of the molecule is O=C1OC2C3N1P23=O. The van der Waals surface area contributed by atoms with Crippen LogP contribution in [0.3, 0.4) is 0 Å². The number of carbonyl (C=O) groups excluding carboxylic acids is 1. The quantitative estimate of drug-likeness (QED) is 0.353. The lowest BCUT2D eigenvalue weighted by Gasteiger charge is -1.83. The molecule has 3 atom stereocenters. The maximum absolute atomic E-state index is 10.9.